The normalized spacial score (nSPS) is 10.9. The zero-order valence-corrected chi connectivity index (χ0v) is 17.5. The van der Waals surface area contributed by atoms with Gasteiger partial charge in [-0.05, 0) is 23.3 Å². The summed E-state index contributed by atoms with van der Waals surface area (Å²) >= 11 is 1.51. The summed E-state index contributed by atoms with van der Waals surface area (Å²) in [6.07, 6.45) is 1.70. The number of rotatable bonds is 7. The molecule has 0 unspecified atom stereocenters. The summed E-state index contributed by atoms with van der Waals surface area (Å²) in [6, 6.07) is 24.3. The smallest absolute Gasteiger partial charge is 0.203 e. The van der Waals surface area contributed by atoms with Gasteiger partial charge in [0.25, 0.3) is 0 Å². The molecule has 0 bridgehead atoms. The third-order valence-electron chi connectivity index (χ3n) is 4.60. The Labute approximate surface area is 179 Å². The van der Waals surface area contributed by atoms with E-state index < -0.39 is 0 Å². The van der Waals surface area contributed by atoms with Crippen LogP contribution in [0.15, 0.2) is 83.3 Å². The lowest BCUT2D eigenvalue weighted by Gasteiger charge is -2.06. The van der Waals surface area contributed by atoms with Gasteiger partial charge in [-0.3, -0.25) is 5.43 Å². The fourth-order valence-electron chi connectivity index (χ4n) is 3.00. The van der Waals surface area contributed by atoms with Gasteiger partial charge in [0.1, 0.15) is 11.5 Å². The second kappa shape index (κ2) is 9.24. The molecule has 1 N–H and O–H groups in total. The number of anilines is 1. The molecule has 0 spiro atoms. The van der Waals surface area contributed by atoms with Crippen LogP contribution in [0.4, 0.5) is 5.13 Å². The summed E-state index contributed by atoms with van der Waals surface area (Å²) in [5.74, 6) is 1.43. The molecule has 4 rings (SSSR count). The van der Waals surface area contributed by atoms with Crippen LogP contribution in [-0.4, -0.2) is 25.4 Å². The molecular weight excluding hydrogens is 394 g/mol. The Morgan fingerprint density at radius 2 is 1.60 bits per heavy atom. The molecule has 0 aliphatic rings. The summed E-state index contributed by atoms with van der Waals surface area (Å²) in [5.41, 5.74) is 8.21. The predicted octanol–water partition coefficient (Wildman–Crippen LogP) is 5.94. The molecular formula is C24H21N3O2S. The second-order valence-electron chi connectivity index (χ2n) is 6.46. The first-order valence-electron chi connectivity index (χ1n) is 9.39. The van der Waals surface area contributed by atoms with E-state index in [1.165, 1.54) is 22.5 Å². The molecule has 0 aliphatic heterocycles. The lowest BCUT2D eigenvalue weighted by atomic mass is 10.0. The Balaban J connectivity index is 1.44. The number of aromatic nitrogens is 1. The zero-order valence-electron chi connectivity index (χ0n) is 16.7. The molecule has 0 saturated carbocycles. The maximum Gasteiger partial charge on any atom is 0.203 e. The van der Waals surface area contributed by atoms with E-state index in [1.807, 2.05) is 41.8 Å². The van der Waals surface area contributed by atoms with E-state index in [4.69, 9.17) is 9.47 Å². The number of hydrazone groups is 1. The number of ether oxygens (including phenoxy) is 2. The molecule has 150 valence electrons. The van der Waals surface area contributed by atoms with Crippen molar-refractivity contribution in [3.63, 3.8) is 0 Å². The van der Waals surface area contributed by atoms with Crippen molar-refractivity contribution in [2.45, 2.75) is 0 Å². The molecule has 3 aromatic carbocycles. The quantitative estimate of drug-likeness (QED) is 0.300. The molecule has 0 amide bonds. The number of hydrogen-bond donors (Lipinski definition) is 1. The molecule has 4 aromatic rings. The van der Waals surface area contributed by atoms with Gasteiger partial charge in [-0.2, -0.15) is 5.10 Å². The molecule has 0 radical (unpaired) electrons. The molecule has 1 heterocycles. The fourth-order valence-corrected chi connectivity index (χ4v) is 3.67. The van der Waals surface area contributed by atoms with Crippen molar-refractivity contribution >= 4 is 22.7 Å². The summed E-state index contributed by atoms with van der Waals surface area (Å²) in [4.78, 5) is 4.63. The highest BCUT2D eigenvalue weighted by atomic mass is 32.1. The van der Waals surface area contributed by atoms with E-state index in [2.05, 4.69) is 51.9 Å². The Kier molecular flexibility index (Phi) is 6.06. The summed E-state index contributed by atoms with van der Waals surface area (Å²) in [5, 5.41) is 7.03. The van der Waals surface area contributed by atoms with Crippen LogP contribution in [0.25, 0.3) is 22.4 Å². The van der Waals surface area contributed by atoms with Crippen LogP contribution in [0.3, 0.4) is 0 Å². The average molecular weight is 416 g/mol. The molecule has 1 aromatic heterocycles. The minimum atomic E-state index is 0.693. The van der Waals surface area contributed by atoms with Crippen molar-refractivity contribution in [2.24, 2.45) is 5.10 Å². The van der Waals surface area contributed by atoms with Crippen LogP contribution in [0.1, 0.15) is 5.56 Å². The van der Waals surface area contributed by atoms with E-state index in [0.717, 1.165) is 27.7 Å². The van der Waals surface area contributed by atoms with Crippen LogP contribution in [0.5, 0.6) is 11.5 Å². The van der Waals surface area contributed by atoms with Crippen LogP contribution in [0.2, 0.25) is 0 Å². The van der Waals surface area contributed by atoms with Crippen LogP contribution < -0.4 is 14.9 Å². The molecule has 0 fully saturated rings. The first-order valence-corrected chi connectivity index (χ1v) is 10.3. The van der Waals surface area contributed by atoms with E-state index in [-0.39, 0.29) is 0 Å². The highest BCUT2D eigenvalue weighted by Gasteiger charge is 2.06. The lowest BCUT2D eigenvalue weighted by Crippen LogP contribution is -1.95. The van der Waals surface area contributed by atoms with Gasteiger partial charge in [0.05, 0.1) is 26.1 Å². The number of methoxy groups -OCH3 is 2. The van der Waals surface area contributed by atoms with Crippen LogP contribution >= 0.6 is 11.3 Å². The van der Waals surface area contributed by atoms with Gasteiger partial charge >= 0.3 is 0 Å². The monoisotopic (exact) mass is 415 g/mol. The summed E-state index contributed by atoms with van der Waals surface area (Å²) in [7, 11) is 3.25. The van der Waals surface area contributed by atoms with Gasteiger partial charge in [-0.15, -0.1) is 11.3 Å². The van der Waals surface area contributed by atoms with Crippen molar-refractivity contribution in [1.82, 2.24) is 4.98 Å². The van der Waals surface area contributed by atoms with Crippen molar-refractivity contribution in [3.05, 3.63) is 83.7 Å². The van der Waals surface area contributed by atoms with E-state index in [0.29, 0.717) is 5.75 Å². The van der Waals surface area contributed by atoms with Gasteiger partial charge in [-0.1, -0.05) is 54.6 Å². The van der Waals surface area contributed by atoms with Gasteiger partial charge < -0.3 is 9.47 Å². The molecule has 30 heavy (non-hydrogen) atoms. The second-order valence-corrected chi connectivity index (χ2v) is 7.32. The summed E-state index contributed by atoms with van der Waals surface area (Å²) in [6.45, 7) is 0. The topological polar surface area (TPSA) is 55.7 Å². The van der Waals surface area contributed by atoms with Crippen LogP contribution in [0, 0.1) is 0 Å². The van der Waals surface area contributed by atoms with Gasteiger partial charge in [0.15, 0.2) is 0 Å². The van der Waals surface area contributed by atoms with Crippen molar-refractivity contribution in [1.29, 1.82) is 0 Å². The summed E-state index contributed by atoms with van der Waals surface area (Å²) < 4.78 is 10.6. The first kappa shape index (κ1) is 19.7. The lowest BCUT2D eigenvalue weighted by molar-refractivity contribution is 0.394. The SMILES string of the molecule is COc1ccc(C=NNc2nc(-c3ccc(-c4ccccc4)cc3)cs2)c(OC)c1. The predicted molar refractivity (Wildman–Crippen MR) is 124 cm³/mol. The van der Waals surface area contributed by atoms with Gasteiger partial charge in [0.2, 0.25) is 5.13 Å². The molecule has 5 nitrogen and oxygen atoms in total. The van der Waals surface area contributed by atoms with Crippen molar-refractivity contribution in [3.8, 4) is 33.9 Å². The van der Waals surface area contributed by atoms with Crippen molar-refractivity contribution < 1.29 is 9.47 Å². The van der Waals surface area contributed by atoms with Gasteiger partial charge in [-0.25, -0.2) is 4.98 Å². The Morgan fingerprint density at radius 1 is 0.867 bits per heavy atom. The number of nitrogens with one attached hydrogen (secondary N) is 1. The largest absolute Gasteiger partial charge is 0.497 e. The maximum atomic E-state index is 5.38. The molecule has 6 heteroatoms. The Morgan fingerprint density at radius 3 is 2.33 bits per heavy atom. The number of benzene rings is 3. The average Bonchev–Trinajstić information content (AvgIpc) is 3.29. The Hall–Kier alpha value is -3.64. The minimum Gasteiger partial charge on any atom is -0.497 e. The highest BCUT2D eigenvalue weighted by molar-refractivity contribution is 7.14. The molecule has 0 saturated heterocycles. The molecule has 0 atom stereocenters. The number of nitrogens with zero attached hydrogens (tertiary/aromatic N) is 2. The van der Waals surface area contributed by atoms with E-state index in [9.17, 15) is 0 Å². The first-order chi connectivity index (χ1) is 14.8. The fraction of sp³-hybridized carbons (Fsp3) is 0.0833. The third kappa shape index (κ3) is 4.50. The zero-order chi connectivity index (χ0) is 20.8. The standard InChI is InChI=1S/C24H21N3O2S/c1-28-21-13-12-20(23(14-21)29-2)15-25-27-24-26-22(16-30-24)19-10-8-18(9-11-19)17-6-4-3-5-7-17/h3-16H,1-2H3,(H,26,27). The third-order valence-corrected chi connectivity index (χ3v) is 5.34. The van der Waals surface area contributed by atoms with Crippen molar-refractivity contribution in [2.75, 3.05) is 19.6 Å². The Bertz CT molecular complexity index is 1140. The maximum absolute atomic E-state index is 5.38. The van der Waals surface area contributed by atoms with E-state index in [1.54, 1.807) is 20.4 Å². The number of hydrogen-bond acceptors (Lipinski definition) is 6. The van der Waals surface area contributed by atoms with Gasteiger partial charge in [0, 0.05) is 22.6 Å². The minimum absolute atomic E-state index is 0.693. The number of thiazole rings is 1. The highest BCUT2D eigenvalue weighted by Crippen LogP contribution is 2.28. The van der Waals surface area contributed by atoms with E-state index >= 15 is 0 Å². The van der Waals surface area contributed by atoms with Crippen LogP contribution in [-0.2, 0) is 0 Å². The molecule has 0 aliphatic carbocycles.